The third-order valence-corrected chi connectivity index (χ3v) is 6.37. The third kappa shape index (κ3) is 5.13. The molecule has 2 aromatic carbocycles. The van der Waals surface area contributed by atoms with Gasteiger partial charge in [-0.2, -0.15) is 0 Å². The van der Waals surface area contributed by atoms with Crippen LogP contribution >= 0.6 is 34.8 Å². The van der Waals surface area contributed by atoms with E-state index in [1.807, 2.05) is 36.4 Å². The minimum atomic E-state index is -1.11. The van der Waals surface area contributed by atoms with Gasteiger partial charge in [-0.3, -0.25) is 14.9 Å². The van der Waals surface area contributed by atoms with Crippen LogP contribution in [-0.2, 0) is 5.60 Å². The number of β-amino-alcohol motifs (C(OH)–C–C–N with tert-alkyl or cyclic N) is 1. The van der Waals surface area contributed by atoms with Gasteiger partial charge in [0.05, 0.1) is 28.6 Å². The summed E-state index contributed by atoms with van der Waals surface area (Å²) in [4.78, 5) is 12.9. The van der Waals surface area contributed by atoms with Crippen molar-refractivity contribution in [1.29, 1.82) is 0 Å². The molecule has 1 aliphatic rings. The number of rotatable bonds is 5. The summed E-state index contributed by atoms with van der Waals surface area (Å²) in [6, 6.07) is 13.5. The molecule has 2 atom stereocenters. The molecule has 31 heavy (non-hydrogen) atoms. The quantitative estimate of drug-likeness (QED) is 0.547. The molecule has 0 saturated carbocycles. The van der Waals surface area contributed by atoms with Crippen molar-refractivity contribution in [2.75, 3.05) is 31.1 Å². The summed E-state index contributed by atoms with van der Waals surface area (Å²) in [6.45, 7) is 4.43. The van der Waals surface area contributed by atoms with E-state index in [2.05, 4.69) is 19.8 Å². The third-order valence-electron chi connectivity index (χ3n) is 5.58. The molecule has 0 aliphatic carbocycles. The Balaban J connectivity index is 1.62. The molecule has 0 unspecified atom stereocenters. The van der Waals surface area contributed by atoms with Gasteiger partial charge in [0.2, 0.25) is 0 Å². The first-order valence-electron chi connectivity index (χ1n) is 10.0. The molecule has 1 N–H and O–H groups in total. The van der Waals surface area contributed by atoms with E-state index in [0.29, 0.717) is 33.9 Å². The van der Waals surface area contributed by atoms with Crippen LogP contribution in [0.15, 0.2) is 61.1 Å². The van der Waals surface area contributed by atoms with Crippen LogP contribution in [0.2, 0.25) is 15.1 Å². The average Bonchev–Trinajstić information content (AvgIpc) is 2.75. The highest BCUT2D eigenvalue weighted by Crippen LogP contribution is 2.37. The summed E-state index contributed by atoms with van der Waals surface area (Å²) >= 11 is 18.8. The van der Waals surface area contributed by atoms with E-state index in [4.69, 9.17) is 34.8 Å². The number of benzene rings is 2. The maximum atomic E-state index is 11.1. The van der Waals surface area contributed by atoms with Crippen molar-refractivity contribution in [3.63, 3.8) is 0 Å². The lowest BCUT2D eigenvalue weighted by Crippen LogP contribution is -2.52. The Morgan fingerprint density at radius 2 is 1.77 bits per heavy atom. The van der Waals surface area contributed by atoms with Crippen LogP contribution in [-0.4, -0.2) is 46.2 Å². The Kier molecular flexibility index (Phi) is 6.70. The van der Waals surface area contributed by atoms with Crippen molar-refractivity contribution in [3.05, 3.63) is 87.4 Å². The molecule has 162 valence electrons. The number of hydrogen-bond donors (Lipinski definition) is 1. The molecule has 4 rings (SSSR count). The largest absolute Gasteiger partial charge is 0.382 e. The van der Waals surface area contributed by atoms with Crippen molar-refractivity contribution in [3.8, 4) is 0 Å². The van der Waals surface area contributed by atoms with Crippen LogP contribution in [0, 0.1) is 0 Å². The average molecular weight is 478 g/mol. The first-order valence-corrected chi connectivity index (χ1v) is 11.2. The van der Waals surface area contributed by atoms with Gasteiger partial charge in [0, 0.05) is 48.6 Å². The van der Waals surface area contributed by atoms with E-state index in [1.54, 1.807) is 31.6 Å². The number of aromatic nitrogens is 2. The lowest BCUT2D eigenvalue weighted by atomic mass is 9.97. The van der Waals surface area contributed by atoms with Gasteiger partial charge in [-0.05, 0) is 42.8 Å². The van der Waals surface area contributed by atoms with Gasteiger partial charge < -0.3 is 10.0 Å². The first-order chi connectivity index (χ1) is 14.8. The van der Waals surface area contributed by atoms with Gasteiger partial charge in [-0.15, -0.1) is 0 Å². The predicted molar refractivity (Wildman–Crippen MR) is 126 cm³/mol. The van der Waals surface area contributed by atoms with Crippen molar-refractivity contribution < 1.29 is 5.11 Å². The Morgan fingerprint density at radius 1 is 1.03 bits per heavy atom. The highest BCUT2D eigenvalue weighted by Gasteiger charge is 2.34. The normalized spacial score (nSPS) is 19.3. The van der Waals surface area contributed by atoms with Crippen molar-refractivity contribution in [2.45, 2.75) is 18.6 Å². The van der Waals surface area contributed by atoms with Gasteiger partial charge in [0.1, 0.15) is 5.60 Å². The molecule has 3 aromatic rings. The summed E-state index contributed by atoms with van der Waals surface area (Å²) < 4.78 is 0. The standard InChI is InChI=1S/C23H23Cl3N4O/c1-23(31,22-13-27-8-9-28-22)15-29-10-11-30(20-7-6-18(25)12-19(20)26)21(14-29)16-2-4-17(24)5-3-16/h2-9,12-13,21,31H,10-11,14-15H2,1H3/t21-,23+/m0/s1. The minimum absolute atomic E-state index is 0.0300. The molecule has 1 fully saturated rings. The molecule has 8 heteroatoms. The fourth-order valence-corrected chi connectivity index (χ4v) is 4.69. The van der Waals surface area contributed by atoms with Crippen LogP contribution in [0.25, 0.3) is 0 Å². The fraction of sp³-hybridized carbons (Fsp3) is 0.304. The molecular weight excluding hydrogens is 455 g/mol. The number of anilines is 1. The zero-order valence-corrected chi connectivity index (χ0v) is 19.3. The Bertz CT molecular complexity index is 1030. The van der Waals surface area contributed by atoms with E-state index >= 15 is 0 Å². The van der Waals surface area contributed by atoms with Crippen LogP contribution in [0.3, 0.4) is 0 Å². The van der Waals surface area contributed by atoms with Crippen LogP contribution in [0.5, 0.6) is 0 Å². The summed E-state index contributed by atoms with van der Waals surface area (Å²) in [5.41, 5.74) is 1.51. The number of aliphatic hydroxyl groups is 1. The van der Waals surface area contributed by atoms with E-state index in [-0.39, 0.29) is 6.04 Å². The molecule has 1 saturated heterocycles. The molecule has 1 aliphatic heterocycles. The smallest absolute Gasteiger partial charge is 0.118 e. The lowest BCUT2D eigenvalue weighted by Gasteiger charge is -2.45. The Hall–Kier alpha value is -1.89. The predicted octanol–water partition coefficient (Wildman–Crippen LogP) is 5.21. The number of nitrogens with zero attached hydrogens (tertiary/aromatic N) is 4. The van der Waals surface area contributed by atoms with E-state index in [1.165, 1.54) is 0 Å². The van der Waals surface area contributed by atoms with Crippen LogP contribution < -0.4 is 4.90 Å². The second kappa shape index (κ2) is 9.31. The lowest BCUT2D eigenvalue weighted by molar-refractivity contribution is 0.00647. The molecular formula is C23H23Cl3N4O. The molecule has 1 aromatic heterocycles. The van der Waals surface area contributed by atoms with Crippen LogP contribution in [0.4, 0.5) is 5.69 Å². The monoisotopic (exact) mass is 476 g/mol. The number of halogens is 3. The minimum Gasteiger partial charge on any atom is -0.382 e. The zero-order chi connectivity index (χ0) is 22.0. The van der Waals surface area contributed by atoms with Crippen molar-refractivity contribution >= 4 is 40.5 Å². The first kappa shape index (κ1) is 22.3. The zero-order valence-electron chi connectivity index (χ0n) is 17.0. The number of piperazine rings is 1. The van der Waals surface area contributed by atoms with E-state index in [9.17, 15) is 5.11 Å². The number of hydrogen-bond acceptors (Lipinski definition) is 5. The molecule has 0 amide bonds. The van der Waals surface area contributed by atoms with E-state index in [0.717, 1.165) is 24.3 Å². The topological polar surface area (TPSA) is 52.5 Å². The Labute approximate surface area is 197 Å². The highest BCUT2D eigenvalue weighted by atomic mass is 35.5. The molecule has 0 bridgehead atoms. The Morgan fingerprint density at radius 3 is 2.45 bits per heavy atom. The van der Waals surface area contributed by atoms with Gasteiger partial charge in [-0.25, -0.2) is 0 Å². The van der Waals surface area contributed by atoms with Crippen molar-refractivity contribution in [2.24, 2.45) is 0 Å². The second-order valence-electron chi connectivity index (χ2n) is 7.96. The second-order valence-corrected chi connectivity index (χ2v) is 9.24. The molecule has 5 nitrogen and oxygen atoms in total. The van der Waals surface area contributed by atoms with Crippen LogP contribution in [0.1, 0.15) is 24.2 Å². The fourth-order valence-electron chi connectivity index (χ4n) is 4.05. The molecule has 2 heterocycles. The van der Waals surface area contributed by atoms with Gasteiger partial charge in [0.15, 0.2) is 0 Å². The summed E-state index contributed by atoms with van der Waals surface area (Å²) in [5, 5.41) is 13.0. The maximum Gasteiger partial charge on any atom is 0.118 e. The van der Waals surface area contributed by atoms with Crippen molar-refractivity contribution in [1.82, 2.24) is 14.9 Å². The summed E-state index contributed by atoms with van der Waals surface area (Å²) in [6.07, 6.45) is 4.81. The van der Waals surface area contributed by atoms with Gasteiger partial charge >= 0.3 is 0 Å². The maximum absolute atomic E-state index is 11.1. The van der Waals surface area contributed by atoms with E-state index < -0.39 is 5.60 Å². The summed E-state index contributed by atoms with van der Waals surface area (Å²) in [7, 11) is 0. The highest BCUT2D eigenvalue weighted by molar-refractivity contribution is 6.36. The molecule has 0 spiro atoms. The van der Waals surface area contributed by atoms with Gasteiger partial charge in [-0.1, -0.05) is 46.9 Å². The SMILES string of the molecule is C[C@@](O)(CN1CCN(c2ccc(Cl)cc2Cl)[C@H](c2ccc(Cl)cc2)C1)c1cnccn1. The summed E-state index contributed by atoms with van der Waals surface area (Å²) in [5.74, 6) is 0. The van der Waals surface area contributed by atoms with Gasteiger partial charge in [0.25, 0.3) is 0 Å². The molecule has 0 radical (unpaired) electrons.